The van der Waals surface area contributed by atoms with Crippen molar-refractivity contribution in [3.05, 3.63) is 94.5 Å². The summed E-state index contributed by atoms with van der Waals surface area (Å²) in [7, 11) is -4.14. The standard InChI is InChI=1S/C32H38ClN3O4S/c1-23-12-10-11-13-26(23)21-35(25(3)32(38)34-27-14-6-4-7-15-27)31(37)22-36(28-19-18-24(2)30(33)20-28)41(39,40)29-16-8-5-9-17-29/h5,8-13,16-20,25,27H,4,6-7,14-15,21-22H2,1-3H3,(H,34,38)/t25-/m0/s1. The summed E-state index contributed by atoms with van der Waals surface area (Å²) in [5.74, 6) is -0.731. The van der Waals surface area contributed by atoms with E-state index >= 15 is 0 Å². The smallest absolute Gasteiger partial charge is 0.264 e. The lowest BCUT2D eigenvalue weighted by Crippen LogP contribution is -2.53. The van der Waals surface area contributed by atoms with E-state index in [1.807, 2.05) is 38.1 Å². The summed E-state index contributed by atoms with van der Waals surface area (Å²) in [6, 6.07) is 19.8. The molecular weight excluding hydrogens is 558 g/mol. The van der Waals surface area contributed by atoms with Crippen LogP contribution in [0.1, 0.15) is 55.7 Å². The van der Waals surface area contributed by atoms with Crippen LogP contribution in [0.2, 0.25) is 5.02 Å². The number of aryl methyl sites for hydroxylation is 2. The van der Waals surface area contributed by atoms with E-state index in [0.717, 1.165) is 53.1 Å². The molecule has 0 heterocycles. The third kappa shape index (κ3) is 7.49. The number of nitrogens with one attached hydrogen (secondary N) is 1. The van der Waals surface area contributed by atoms with Gasteiger partial charge >= 0.3 is 0 Å². The lowest BCUT2D eigenvalue weighted by atomic mass is 9.95. The van der Waals surface area contributed by atoms with Gasteiger partial charge in [-0.25, -0.2) is 8.42 Å². The zero-order chi connectivity index (χ0) is 29.6. The number of carbonyl (C=O) groups excluding carboxylic acids is 2. The number of sulfonamides is 1. The minimum absolute atomic E-state index is 0.0537. The second-order valence-electron chi connectivity index (χ2n) is 10.7. The topological polar surface area (TPSA) is 86.8 Å². The van der Waals surface area contributed by atoms with Gasteiger partial charge in [-0.3, -0.25) is 13.9 Å². The molecule has 1 N–H and O–H groups in total. The Labute approximate surface area is 248 Å². The maximum Gasteiger partial charge on any atom is 0.264 e. The maximum absolute atomic E-state index is 14.1. The van der Waals surface area contributed by atoms with Gasteiger partial charge in [0.05, 0.1) is 10.6 Å². The fourth-order valence-electron chi connectivity index (χ4n) is 5.11. The number of hydrogen-bond donors (Lipinski definition) is 1. The molecule has 3 aromatic carbocycles. The summed E-state index contributed by atoms with van der Waals surface area (Å²) >= 11 is 6.39. The second-order valence-corrected chi connectivity index (χ2v) is 13.0. The van der Waals surface area contributed by atoms with Crippen molar-refractivity contribution in [3.8, 4) is 0 Å². The highest BCUT2D eigenvalue weighted by atomic mass is 35.5. The lowest BCUT2D eigenvalue weighted by molar-refractivity contribution is -0.139. The summed E-state index contributed by atoms with van der Waals surface area (Å²) < 4.78 is 28.9. The van der Waals surface area contributed by atoms with Gasteiger partial charge in [0.1, 0.15) is 12.6 Å². The quantitative estimate of drug-likeness (QED) is 0.311. The molecule has 3 aromatic rings. The Morgan fingerprint density at radius 2 is 1.59 bits per heavy atom. The number of anilines is 1. The first-order valence-electron chi connectivity index (χ1n) is 14.1. The molecule has 0 spiro atoms. The van der Waals surface area contributed by atoms with Gasteiger partial charge in [0.25, 0.3) is 10.0 Å². The van der Waals surface area contributed by atoms with Crippen LogP contribution in [0.4, 0.5) is 5.69 Å². The van der Waals surface area contributed by atoms with Crippen LogP contribution in [0.5, 0.6) is 0 Å². The van der Waals surface area contributed by atoms with Crippen LogP contribution in [0, 0.1) is 13.8 Å². The molecule has 1 aliphatic rings. The minimum Gasteiger partial charge on any atom is -0.352 e. The fraction of sp³-hybridized carbons (Fsp3) is 0.375. The van der Waals surface area contributed by atoms with Crippen molar-refractivity contribution in [3.63, 3.8) is 0 Å². The van der Waals surface area contributed by atoms with Crippen LogP contribution in [0.3, 0.4) is 0 Å². The molecule has 0 unspecified atom stereocenters. The van der Waals surface area contributed by atoms with Crippen LogP contribution in [-0.4, -0.2) is 43.8 Å². The predicted molar refractivity (Wildman–Crippen MR) is 163 cm³/mol. The molecule has 41 heavy (non-hydrogen) atoms. The van der Waals surface area contributed by atoms with Crippen molar-refractivity contribution >= 4 is 39.1 Å². The third-order valence-electron chi connectivity index (χ3n) is 7.77. The highest BCUT2D eigenvalue weighted by molar-refractivity contribution is 7.92. The van der Waals surface area contributed by atoms with Gasteiger partial charge in [0.2, 0.25) is 11.8 Å². The van der Waals surface area contributed by atoms with Crippen molar-refractivity contribution < 1.29 is 18.0 Å². The van der Waals surface area contributed by atoms with Gasteiger partial charge in [-0.15, -0.1) is 0 Å². The van der Waals surface area contributed by atoms with E-state index in [1.165, 1.54) is 17.0 Å². The summed E-state index contributed by atoms with van der Waals surface area (Å²) in [4.78, 5) is 29.1. The second kappa shape index (κ2) is 13.5. The number of amides is 2. The summed E-state index contributed by atoms with van der Waals surface area (Å²) in [5.41, 5.74) is 2.92. The number of benzene rings is 3. The highest BCUT2D eigenvalue weighted by Crippen LogP contribution is 2.29. The van der Waals surface area contributed by atoms with E-state index in [2.05, 4.69) is 5.32 Å². The molecule has 1 saturated carbocycles. The van der Waals surface area contributed by atoms with Crippen LogP contribution in [-0.2, 0) is 26.2 Å². The van der Waals surface area contributed by atoms with Gasteiger partial charge in [-0.2, -0.15) is 0 Å². The molecule has 9 heteroatoms. The van der Waals surface area contributed by atoms with Gasteiger partial charge in [0.15, 0.2) is 0 Å². The summed E-state index contributed by atoms with van der Waals surface area (Å²) in [6.45, 7) is 5.14. The zero-order valence-electron chi connectivity index (χ0n) is 23.8. The van der Waals surface area contributed by atoms with Crippen LogP contribution >= 0.6 is 11.6 Å². The van der Waals surface area contributed by atoms with Crippen molar-refractivity contribution in [2.45, 2.75) is 76.4 Å². The molecule has 0 saturated heterocycles. The van der Waals surface area contributed by atoms with E-state index in [4.69, 9.17) is 11.6 Å². The number of carbonyl (C=O) groups is 2. The maximum atomic E-state index is 14.1. The van der Waals surface area contributed by atoms with Crippen molar-refractivity contribution in [2.75, 3.05) is 10.8 Å². The minimum atomic E-state index is -4.14. The monoisotopic (exact) mass is 595 g/mol. The molecule has 218 valence electrons. The first-order chi connectivity index (χ1) is 19.6. The third-order valence-corrected chi connectivity index (χ3v) is 9.97. The Bertz CT molecular complexity index is 1470. The normalized spacial score (nSPS) is 14.7. The molecular formula is C32H38ClN3O4S. The number of halogens is 1. The molecule has 2 amide bonds. The Hall–Kier alpha value is -3.36. The van der Waals surface area contributed by atoms with E-state index in [1.54, 1.807) is 43.3 Å². The molecule has 4 rings (SSSR count). The van der Waals surface area contributed by atoms with Gasteiger partial charge in [0, 0.05) is 17.6 Å². The van der Waals surface area contributed by atoms with E-state index < -0.39 is 28.5 Å². The molecule has 0 bridgehead atoms. The van der Waals surface area contributed by atoms with Crippen LogP contribution in [0.25, 0.3) is 0 Å². The van der Waals surface area contributed by atoms with Gasteiger partial charge in [-0.1, -0.05) is 79.4 Å². The Kier molecular flexibility index (Phi) is 10.1. The van der Waals surface area contributed by atoms with Crippen molar-refractivity contribution in [2.24, 2.45) is 0 Å². The molecule has 0 aromatic heterocycles. The first kappa shape index (κ1) is 30.6. The van der Waals surface area contributed by atoms with E-state index in [-0.39, 0.29) is 29.1 Å². The SMILES string of the molecule is Cc1ccc(N(CC(=O)N(Cc2ccccc2C)[C@@H](C)C(=O)NC2CCCCC2)S(=O)(=O)c2ccccc2)cc1Cl. The molecule has 7 nitrogen and oxygen atoms in total. The van der Waals surface area contributed by atoms with E-state index in [0.29, 0.717) is 5.02 Å². The van der Waals surface area contributed by atoms with Crippen LogP contribution in [0.15, 0.2) is 77.7 Å². The Morgan fingerprint density at radius 1 is 0.927 bits per heavy atom. The molecule has 1 aliphatic carbocycles. The predicted octanol–water partition coefficient (Wildman–Crippen LogP) is 6.02. The van der Waals surface area contributed by atoms with Crippen LogP contribution < -0.4 is 9.62 Å². The lowest BCUT2D eigenvalue weighted by Gasteiger charge is -2.33. The molecule has 1 atom stereocenters. The zero-order valence-corrected chi connectivity index (χ0v) is 25.4. The molecule has 0 aliphatic heterocycles. The summed E-state index contributed by atoms with van der Waals surface area (Å²) in [6.07, 6.45) is 5.13. The molecule has 0 radical (unpaired) electrons. The summed E-state index contributed by atoms with van der Waals surface area (Å²) in [5, 5.41) is 3.52. The Balaban J connectivity index is 1.69. The van der Waals surface area contributed by atoms with Gasteiger partial charge in [-0.05, 0) is 74.6 Å². The highest BCUT2D eigenvalue weighted by Gasteiger charge is 2.33. The van der Waals surface area contributed by atoms with Crippen molar-refractivity contribution in [1.82, 2.24) is 10.2 Å². The number of hydrogen-bond acceptors (Lipinski definition) is 4. The average molecular weight is 596 g/mol. The Morgan fingerprint density at radius 3 is 2.24 bits per heavy atom. The van der Waals surface area contributed by atoms with Gasteiger partial charge < -0.3 is 10.2 Å². The number of nitrogens with zero attached hydrogens (tertiary/aromatic N) is 2. The molecule has 1 fully saturated rings. The average Bonchev–Trinajstić information content (AvgIpc) is 2.97. The van der Waals surface area contributed by atoms with E-state index in [9.17, 15) is 18.0 Å². The number of rotatable bonds is 10. The first-order valence-corrected chi connectivity index (χ1v) is 15.9. The van der Waals surface area contributed by atoms with Crippen molar-refractivity contribution in [1.29, 1.82) is 0 Å². The largest absolute Gasteiger partial charge is 0.352 e. The fourth-order valence-corrected chi connectivity index (χ4v) is 6.71.